The average molecular weight is 110 g/mol. The molecule has 0 atom stereocenters. The Morgan fingerprint density at radius 3 is 2.33 bits per heavy atom. The first kappa shape index (κ1) is 5.67. The van der Waals surface area contributed by atoms with Gasteiger partial charge in [-0.2, -0.15) is 4.39 Å². The minimum Gasteiger partial charge on any atom is -0.206 e. The van der Waals surface area contributed by atoms with Crippen molar-refractivity contribution in [2.24, 2.45) is 0 Å². The molecule has 6 heavy (non-hydrogen) atoms. The molecular formula is C3HClF2. The molecule has 0 bridgehead atoms. The van der Waals surface area contributed by atoms with Gasteiger partial charge in [-0.25, -0.2) is 4.39 Å². The molecule has 0 saturated carbocycles. The molecule has 0 amide bonds. The van der Waals surface area contributed by atoms with Gasteiger partial charge < -0.3 is 0 Å². The van der Waals surface area contributed by atoms with Gasteiger partial charge in [0.2, 0.25) is 5.29 Å². The zero-order chi connectivity index (χ0) is 4.99. The molecule has 0 fully saturated rings. The van der Waals surface area contributed by atoms with Gasteiger partial charge in [-0.15, -0.1) is 0 Å². The predicted molar refractivity (Wildman–Crippen MR) is 19.7 cm³/mol. The summed E-state index contributed by atoms with van der Waals surface area (Å²) in [6, 6.07) is 0. The summed E-state index contributed by atoms with van der Waals surface area (Å²) < 4.78 is 21.7. The lowest BCUT2D eigenvalue weighted by Gasteiger charge is -1.59. The van der Waals surface area contributed by atoms with E-state index in [1.165, 1.54) is 5.73 Å². The van der Waals surface area contributed by atoms with Crippen molar-refractivity contribution < 1.29 is 8.78 Å². The monoisotopic (exact) mass is 110 g/mol. The van der Waals surface area contributed by atoms with Crippen molar-refractivity contribution in [1.82, 2.24) is 0 Å². The molecule has 0 aliphatic rings. The smallest absolute Gasteiger partial charge is 0.206 e. The predicted octanol–water partition coefficient (Wildman–Crippen LogP) is 2.12. The van der Waals surface area contributed by atoms with E-state index in [-0.39, 0.29) is 6.33 Å². The van der Waals surface area contributed by atoms with E-state index in [0.717, 1.165) is 0 Å². The molecule has 0 N–H and O–H groups in total. The second kappa shape index (κ2) is 2.88. The van der Waals surface area contributed by atoms with E-state index in [1.54, 1.807) is 0 Å². The molecule has 0 nitrogen and oxygen atoms in total. The third-order valence-corrected chi connectivity index (χ3v) is 0.273. The first-order chi connectivity index (χ1) is 2.77. The van der Waals surface area contributed by atoms with Gasteiger partial charge in [0.05, 0.1) is 0 Å². The van der Waals surface area contributed by atoms with Crippen LogP contribution in [-0.2, 0) is 0 Å². The molecule has 0 spiro atoms. The summed E-state index contributed by atoms with van der Waals surface area (Å²) in [6.45, 7) is 0. The van der Waals surface area contributed by atoms with Crippen molar-refractivity contribution in [3.63, 3.8) is 0 Å². The maximum Gasteiger partial charge on any atom is 0.234 e. The van der Waals surface area contributed by atoms with Gasteiger partial charge in [-0.3, -0.25) is 0 Å². The van der Waals surface area contributed by atoms with Crippen molar-refractivity contribution in [3.8, 4) is 0 Å². The van der Waals surface area contributed by atoms with Crippen LogP contribution in [0.15, 0.2) is 17.3 Å². The number of halogens is 3. The first-order valence-corrected chi connectivity index (χ1v) is 1.51. The summed E-state index contributed by atoms with van der Waals surface area (Å²) in [5.41, 5.74) is 1.43. The summed E-state index contributed by atoms with van der Waals surface area (Å²) in [5.74, 6) is 0. The highest BCUT2D eigenvalue weighted by atomic mass is 35.5. The highest BCUT2D eigenvalue weighted by molar-refractivity contribution is 6.27. The van der Waals surface area contributed by atoms with Crippen LogP contribution >= 0.6 is 11.6 Å². The third kappa shape index (κ3) is 3.67. The van der Waals surface area contributed by atoms with Gasteiger partial charge in [-0.1, -0.05) is 0 Å². The molecule has 34 valence electrons. The summed E-state index contributed by atoms with van der Waals surface area (Å²) in [6.07, 6.45) is -0.0949. The summed E-state index contributed by atoms with van der Waals surface area (Å²) >= 11 is 4.45. The highest BCUT2D eigenvalue weighted by Gasteiger charge is 1.72. The minimum atomic E-state index is -1.17. The highest BCUT2D eigenvalue weighted by Crippen LogP contribution is 1.96. The Morgan fingerprint density at radius 1 is 1.83 bits per heavy atom. The third-order valence-electron chi connectivity index (χ3n) is 0.164. The lowest BCUT2D eigenvalue weighted by Crippen LogP contribution is -1.38. The molecule has 0 aliphatic carbocycles. The van der Waals surface area contributed by atoms with Gasteiger partial charge >= 0.3 is 0 Å². The zero-order valence-electron chi connectivity index (χ0n) is 2.71. The van der Waals surface area contributed by atoms with E-state index in [1.807, 2.05) is 0 Å². The number of rotatable bonds is 0. The topological polar surface area (TPSA) is 0 Å². The van der Waals surface area contributed by atoms with Crippen LogP contribution in [0.5, 0.6) is 0 Å². The Balaban J connectivity index is 3.73. The summed E-state index contributed by atoms with van der Waals surface area (Å²) in [7, 11) is 0. The lowest BCUT2D eigenvalue weighted by atomic mass is 10.9. The van der Waals surface area contributed by atoms with Gasteiger partial charge in [-0.05, 0) is 17.3 Å². The van der Waals surface area contributed by atoms with Gasteiger partial charge in [0.25, 0.3) is 0 Å². The van der Waals surface area contributed by atoms with Crippen molar-refractivity contribution in [3.05, 3.63) is 17.3 Å². The largest absolute Gasteiger partial charge is 0.234 e. The fraction of sp³-hybridized carbons (Fsp3) is 0. The molecular weight excluding hydrogens is 109 g/mol. The van der Waals surface area contributed by atoms with Crippen molar-refractivity contribution in [1.29, 1.82) is 0 Å². The van der Waals surface area contributed by atoms with Crippen LogP contribution in [-0.4, -0.2) is 0 Å². The molecule has 0 heterocycles. The molecule has 0 radical (unpaired) electrons. The SMILES string of the molecule is FC=C=C(F)Cl. The Morgan fingerprint density at radius 2 is 2.33 bits per heavy atom. The Kier molecular flexibility index (Phi) is 2.73. The maximum atomic E-state index is 11.0. The standard InChI is InChI=1S/C3HClF2/c4-3(6)1-2-5/h2H. The van der Waals surface area contributed by atoms with Crippen molar-refractivity contribution in [2.75, 3.05) is 0 Å². The molecule has 0 saturated heterocycles. The zero-order valence-corrected chi connectivity index (χ0v) is 3.47. The normalized spacial score (nSPS) is 6.50. The molecule has 0 unspecified atom stereocenters. The van der Waals surface area contributed by atoms with Crippen LogP contribution in [0.2, 0.25) is 0 Å². The van der Waals surface area contributed by atoms with E-state index < -0.39 is 5.29 Å². The van der Waals surface area contributed by atoms with E-state index >= 15 is 0 Å². The molecule has 0 aromatic rings. The van der Waals surface area contributed by atoms with Crippen molar-refractivity contribution >= 4 is 11.6 Å². The first-order valence-electron chi connectivity index (χ1n) is 1.13. The van der Waals surface area contributed by atoms with E-state index in [0.29, 0.717) is 0 Å². The molecule has 0 aliphatic heterocycles. The molecule has 0 aromatic carbocycles. The van der Waals surface area contributed by atoms with E-state index in [2.05, 4.69) is 11.6 Å². The Hall–Kier alpha value is -0.330. The number of hydrogen-bond acceptors (Lipinski definition) is 0. The Bertz CT molecular complexity index is 87.0. The fourth-order valence-corrected chi connectivity index (χ4v) is 0.0825. The molecule has 0 aromatic heterocycles. The fourth-order valence-electron chi connectivity index (χ4n) is 0.0412. The van der Waals surface area contributed by atoms with E-state index in [4.69, 9.17) is 0 Å². The number of hydrogen-bond donors (Lipinski definition) is 0. The maximum absolute atomic E-state index is 11.0. The Labute approximate surface area is 38.7 Å². The van der Waals surface area contributed by atoms with Crippen LogP contribution in [0.1, 0.15) is 0 Å². The second-order valence-electron chi connectivity index (χ2n) is 0.514. The van der Waals surface area contributed by atoms with Crippen molar-refractivity contribution in [2.45, 2.75) is 0 Å². The van der Waals surface area contributed by atoms with Crippen LogP contribution in [0.3, 0.4) is 0 Å². The van der Waals surface area contributed by atoms with Crippen LogP contribution in [0.25, 0.3) is 0 Å². The van der Waals surface area contributed by atoms with Gasteiger partial charge in [0, 0.05) is 0 Å². The molecule has 0 rings (SSSR count). The van der Waals surface area contributed by atoms with Crippen LogP contribution in [0, 0.1) is 0 Å². The van der Waals surface area contributed by atoms with Crippen LogP contribution in [0.4, 0.5) is 8.78 Å². The van der Waals surface area contributed by atoms with Crippen LogP contribution < -0.4 is 0 Å². The van der Waals surface area contributed by atoms with E-state index in [9.17, 15) is 8.78 Å². The van der Waals surface area contributed by atoms with Gasteiger partial charge in [0.15, 0.2) is 0 Å². The lowest BCUT2D eigenvalue weighted by molar-refractivity contribution is 0.684. The summed E-state index contributed by atoms with van der Waals surface area (Å²) in [5, 5.41) is -1.17. The van der Waals surface area contributed by atoms with Gasteiger partial charge in [0.1, 0.15) is 6.33 Å². The molecule has 3 heteroatoms. The minimum absolute atomic E-state index is 0.0949. The average Bonchev–Trinajstić information content (AvgIpc) is 1.35. The quantitative estimate of drug-likeness (QED) is 0.419. The second-order valence-corrected chi connectivity index (χ2v) is 0.846. The summed E-state index contributed by atoms with van der Waals surface area (Å²) in [4.78, 5) is 0.